The van der Waals surface area contributed by atoms with Gasteiger partial charge in [-0.25, -0.2) is 14.4 Å². The van der Waals surface area contributed by atoms with Crippen LogP contribution in [0.4, 0.5) is 9.52 Å². The predicted molar refractivity (Wildman–Crippen MR) is 102 cm³/mol. The average Bonchev–Trinajstić information content (AvgIpc) is 3.17. The molecule has 1 N–H and O–H groups in total. The summed E-state index contributed by atoms with van der Waals surface area (Å²) in [7, 11) is 1.61. The van der Waals surface area contributed by atoms with Crippen LogP contribution in [0.3, 0.4) is 0 Å². The monoisotopic (exact) mass is 391 g/mol. The Morgan fingerprint density at radius 3 is 2.54 bits per heavy atom. The van der Waals surface area contributed by atoms with Crippen molar-refractivity contribution in [2.45, 2.75) is 26.9 Å². The van der Waals surface area contributed by atoms with Gasteiger partial charge in [-0.2, -0.15) is 0 Å². The minimum atomic E-state index is -0.295. The van der Waals surface area contributed by atoms with Crippen molar-refractivity contribution in [1.29, 1.82) is 0 Å². The number of hydrogen-bond acceptors (Lipinski definition) is 6. The number of carbonyl (C=O) groups excluding carboxylic acids is 1. The second-order valence-corrected chi connectivity index (χ2v) is 7.96. The van der Waals surface area contributed by atoms with Crippen molar-refractivity contribution >= 4 is 33.7 Å². The van der Waals surface area contributed by atoms with E-state index in [4.69, 9.17) is 4.74 Å². The lowest BCUT2D eigenvalue weighted by atomic mass is 10.1. The molecule has 0 radical (unpaired) electrons. The Labute approximate surface area is 158 Å². The second kappa shape index (κ2) is 7.61. The molecular weight excluding hydrogens is 373 g/mol. The van der Waals surface area contributed by atoms with Gasteiger partial charge in [0, 0.05) is 17.6 Å². The third-order valence-electron chi connectivity index (χ3n) is 3.86. The van der Waals surface area contributed by atoms with Crippen molar-refractivity contribution in [2.75, 3.05) is 12.4 Å². The fourth-order valence-corrected chi connectivity index (χ4v) is 4.20. The highest BCUT2D eigenvalue weighted by molar-refractivity contribution is 7.16. The first-order valence-electron chi connectivity index (χ1n) is 7.94. The fourth-order valence-electron chi connectivity index (χ4n) is 2.38. The quantitative estimate of drug-likeness (QED) is 0.666. The summed E-state index contributed by atoms with van der Waals surface area (Å²) >= 11 is 2.70. The summed E-state index contributed by atoms with van der Waals surface area (Å²) in [6.07, 6.45) is -0.160. The molecule has 2 heterocycles. The Hall–Kier alpha value is -2.16. The topological polar surface area (TPSA) is 64.1 Å². The van der Waals surface area contributed by atoms with Gasteiger partial charge in [-0.05, 0) is 45.0 Å². The van der Waals surface area contributed by atoms with E-state index in [9.17, 15) is 9.18 Å². The summed E-state index contributed by atoms with van der Waals surface area (Å²) in [4.78, 5) is 23.0. The number of ether oxygens (including phenoxy) is 1. The minimum Gasteiger partial charge on any atom is -0.375 e. The molecule has 1 atom stereocenters. The molecule has 0 spiro atoms. The molecular formula is C18H18FN3O2S2. The van der Waals surface area contributed by atoms with Crippen LogP contribution < -0.4 is 5.32 Å². The predicted octanol–water partition coefficient (Wildman–Crippen LogP) is 4.98. The van der Waals surface area contributed by atoms with Gasteiger partial charge in [0.15, 0.2) is 5.13 Å². The third-order valence-corrected chi connectivity index (χ3v) is 6.06. The van der Waals surface area contributed by atoms with Crippen molar-refractivity contribution in [2.24, 2.45) is 0 Å². The molecule has 2 aromatic heterocycles. The van der Waals surface area contributed by atoms with Crippen LogP contribution in [0.1, 0.15) is 38.3 Å². The molecule has 0 fully saturated rings. The third kappa shape index (κ3) is 3.82. The zero-order valence-corrected chi connectivity index (χ0v) is 16.4. The van der Waals surface area contributed by atoms with E-state index in [1.54, 1.807) is 26.2 Å². The molecule has 0 aliphatic carbocycles. The Morgan fingerprint density at radius 2 is 1.88 bits per heavy atom. The Morgan fingerprint density at radius 1 is 1.19 bits per heavy atom. The number of amides is 1. The number of rotatable bonds is 5. The lowest BCUT2D eigenvalue weighted by Gasteiger charge is -2.03. The SMILES string of the molecule is COC(C)c1nc(C)c(C(=O)Nc2nc(-c3ccc(F)cc3)c(C)s2)s1. The number of nitrogens with one attached hydrogen (secondary N) is 1. The summed E-state index contributed by atoms with van der Waals surface area (Å²) in [6.45, 7) is 5.61. The van der Waals surface area contributed by atoms with Crippen LogP contribution in [0.5, 0.6) is 0 Å². The number of hydrogen-bond donors (Lipinski definition) is 1. The van der Waals surface area contributed by atoms with Crippen LogP contribution in [0, 0.1) is 19.7 Å². The highest BCUT2D eigenvalue weighted by atomic mass is 32.1. The fraction of sp³-hybridized carbons (Fsp3) is 0.278. The van der Waals surface area contributed by atoms with Crippen molar-refractivity contribution < 1.29 is 13.9 Å². The number of aromatic nitrogens is 2. The van der Waals surface area contributed by atoms with Gasteiger partial charge in [0.2, 0.25) is 0 Å². The molecule has 1 amide bonds. The van der Waals surface area contributed by atoms with Crippen molar-refractivity contribution in [3.05, 3.63) is 50.5 Å². The van der Waals surface area contributed by atoms with Gasteiger partial charge in [0.05, 0.1) is 11.4 Å². The van der Waals surface area contributed by atoms with Crippen LogP contribution in [-0.2, 0) is 4.74 Å². The molecule has 0 saturated carbocycles. The van der Waals surface area contributed by atoms with Gasteiger partial charge in [0.1, 0.15) is 21.8 Å². The molecule has 5 nitrogen and oxygen atoms in total. The number of benzene rings is 1. The zero-order chi connectivity index (χ0) is 18.8. The van der Waals surface area contributed by atoms with Gasteiger partial charge in [-0.15, -0.1) is 22.7 Å². The standard InChI is InChI=1S/C18H18FN3O2S2/c1-9-15(26-17(20-9)10(2)24-4)16(23)22-18-21-14(11(3)25-18)12-5-7-13(19)8-6-12/h5-8,10H,1-4H3,(H,21,22,23). The first-order chi connectivity index (χ1) is 12.4. The molecule has 26 heavy (non-hydrogen) atoms. The number of halogens is 1. The lowest BCUT2D eigenvalue weighted by molar-refractivity contribution is 0.103. The number of methoxy groups -OCH3 is 1. The maximum absolute atomic E-state index is 13.1. The highest BCUT2D eigenvalue weighted by Gasteiger charge is 2.20. The highest BCUT2D eigenvalue weighted by Crippen LogP contribution is 2.32. The summed E-state index contributed by atoms with van der Waals surface area (Å²) in [6, 6.07) is 6.14. The number of anilines is 1. The molecule has 0 aliphatic rings. The first-order valence-corrected chi connectivity index (χ1v) is 9.57. The van der Waals surface area contributed by atoms with Crippen molar-refractivity contribution in [3.8, 4) is 11.3 Å². The van der Waals surface area contributed by atoms with Crippen LogP contribution in [0.15, 0.2) is 24.3 Å². The van der Waals surface area contributed by atoms with E-state index in [1.165, 1.54) is 34.8 Å². The molecule has 136 valence electrons. The molecule has 3 aromatic rings. The number of aryl methyl sites for hydroxylation is 2. The Kier molecular flexibility index (Phi) is 5.45. The van der Waals surface area contributed by atoms with Crippen molar-refractivity contribution in [3.63, 3.8) is 0 Å². The van der Waals surface area contributed by atoms with E-state index in [0.29, 0.717) is 15.7 Å². The number of nitrogens with zero attached hydrogens (tertiary/aromatic N) is 2. The van der Waals surface area contributed by atoms with Gasteiger partial charge < -0.3 is 4.74 Å². The number of thiazole rings is 2. The zero-order valence-electron chi connectivity index (χ0n) is 14.8. The van der Waals surface area contributed by atoms with Gasteiger partial charge in [0.25, 0.3) is 5.91 Å². The minimum absolute atomic E-state index is 0.160. The van der Waals surface area contributed by atoms with Crippen molar-refractivity contribution in [1.82, 2.24) is 9.97 Å². The van der Waals surface area contributed by atoms with Crippen LogP contribution >= 0.6 is 22.7 Å². The average molecular weight is 391 g/mol. The summed E-state index contributed by atoms with van der Waals surface area (Å²) in [5.41, 5.74) is 2.21. The van der Waals surface area contributed by atoms with E-state index >= 15 is 0 Å². The van der Waals surface area contributed by atoms with Crippen LogP contribution in [0.2, 0.25) is 0 Å². The maximum Gasteiger partial charge on any atom is 0.269 e. The second-order valence-electron chi connectivity index (χ2n) is 5.73. The molecule has 0 saturated heterocycles. The number of carbonyl (C=O) groups is 1. The van der Waals surface area contributed by atoms with Crippen LogP contribution in [0.25, 0.3) is 11.3 Å². The smallest absolute Gasteiger partial charge is 0.269 e. The molecule has 0 aliphatic heterocycles. The van der Waals surface area contributed by atoms with E-state index < -0.39 is 0 Å². The molecule has 0 bridgehead atoms. The van der Waals surface area contributed by atoms with E-state index in [0.717, 1.165) is 21.1 Å². The van der Waals surface area contributed by atoms with Gasteiger partial charge in [-0.1, -0.05) is 0 Å². The van der Waals surface area contributed by atoms with Gasteiger partial charge >= 0.3 is 0 Å². The summed E-state index contributed by atoms with van der Waals surface area (Å²) in [5, 5.41) is 4.10. The Balaban J connectivity index is 1.81. The van der Waals surface area contributed by atoms with Gasteiger partial charge in [-0.3, -0.25) is 10.1 Å². The van der Waals surface area contributed by atoms with E-state index in [2.05, 4.69) is 15.3 Å². The molecule has 8 heteroatoms. The van der Waals surface area contributed by atoms with E-state index in [1.807, 2.05) is 13.8 Å². The normalized spacial score (nSPS) is 12.2. The molecule has 1 aromatic carbocycles. The summed E-state index contributed by atoms with van der Waals surface area (Å²) < 4.78 is 18.4. The summed E-state index contributed by atoms with van der Waals surface area (Å²) in [5.74, 6) is -0.536. The Bertz CT molecular complexity index is 935. The molecule has 3 rings (SSSR count). The lowest BCUT2D eigenvalue weighted by Crippen LogP contribution is -2.11. The maximum atomic E-state index is 13.1. The van der Waals surface area contributed by atoms with Crippen LogP contribution in [-0.4, -0.2) is 23.0 Å². The van der Waals surface area contributed by atoms with E-state index in [-0.39, 0.29) is 17.8 Å². The first kappa shape index (κ1) is 18.6. The largest absolute Gasteiger partial charge is 0.375 e. The molecule has 1 unspecified atom stereocenters.